The van der Waals surface area contributed by atoms with E-state index < -0.39 is 0 Å². The average Bonchev–Trinajstić information content (AvgIpc) is 3.22. The third-order valence-electron chi connectivity index (χ3n) is 5.84. The van der Waals surface area contributed by atoms with Gasteiger partial charge in [0.1, 0.15) is 0 Å². The molecule has 3 amide bonds. The standard InChI is InChI=1S/C23H27N3O2/c1-16-14-18(22(27)24-20-8-4-5-9-20)10-11-21(16)25-23(28)26-13-12-17-6-2-3-7-19(17)15-26/h2-3,6-7,10-11,14,20H,4-5,8-9,12-13,15H2,1H3,(H,24,27)(H,25,28). The Labute approximate surface area is 166 Å². The molecule has 1 saturated carbocycles. The zero-order valence-corrected chi connectivity index (χ0v) is 16.3. The van der Waals surface area contributed by atoms with Crippen molar-refractivity contribution in [1.29, 1.82) is 0 Å². The van der Waals surface area contributed by atoms with Crippen LogP contribution in [0.2, 0.25) is 0 Å². The molecule has 28 heavy (non-hydrogen) atoms. The lowest BCUT2D eigenvalue weighted by atomic mass is 10.0. The zero-order chi connectivity index (χ0) is 19.5. The molecule has 1 heterocycles. The zero-order valence-electron chi connectivity index (χ0n) is 16.3. The van der Waals surface area contributed by atoms with Crippen LogP contribution in [-0.4, -0.2) is 29.4 Å². The van der Waals surface area contributed by atoms with Crippen LogP contribution in [0.1, 0.15) is 52.7 Å². The summed E-state index contributed by atoms with van der Waals surface area (Å²) in [4.78, 5) is 27.0. The summed E-state index contributed by atoms with van der Waals surface area (Å²) in [5, 5.41) is 6.11. The second-order valence-electron chi connectivity index (χ2n) is 7.85. The summed E-state index contributed by atoms with van der Waals surface area (Å²) in [5.41, 5.74) is 4.82. The molecule has 2 aromatic rings. The fourth-order valence-corrected chi connectivity index (χ4v) is 4.15. The predicted octanol–water partition coefficient (Wildman–Crippen LogP) is 4.26. The lowest BCUT2D eigenvalue weighted by Crippen LogP contribution is -2.39. The second kappa shape index (κ2) is 8.05. The second-order valence-corrected chi connectivity index (χ2v) is 7.85. The van der Waals surface area contributed by atoms with Crippen molar-refractivity contribution in [2.45, 2.75) is 51.6 Å². The van der Waals surface area contributed by atoms with Gasteiger partial charge in [0.05, 0.1) is 0 Å². The molecule has 2 aliphatic rings. The maximum absolute atomic E-state index is 12.7. The first-order valence-corrected chi connectivity index (χ1v) is 10.1. The van der Waals surface area contributed by atoms with E-state index in [9.17, 15) is 9.59 Å². The number of carbonyl (C=O) groups is 2. The van der Waals surface area contributed by atoms with Crippen molar-refractivity contribution in [3.8, 4) is 0 Å². The van der Waals surface area contributed by atoms with Crippen molar-refractivity contribution in [2.24, 2.45) is 0 Å². The highest BCUT2D eigenvalue weighted by Gasteiger charge is 2.21. The number of rotatable bonds is 3. The number of urea groups is 1. The van der Waals surface area contributed by atoms with Gasteiger partial charge in [-0.2, -0.15) is 0 Å². The number of anilines is 1. The largest absolute Gasteiger partial charge is 0.349 e. The summed E-state index contributed by atoms with van der Waals surface area (Å²) in [6.45, 7) is 3.26. The molecule has 146 valence electrons. The molecule has 4 rings (SSSR count). The van der Waals surface area contributed by atoms with Gasteiger partial charge in [-0.1, -0.05) is 37.1 Å². The summed E-state index contributed by atoms with van der Waals surface area (Å²) in [5.74, 6) is -0.0273. The minimum Gasteiger partial charge on any atom is -0.349 e. The molecule has 1 aliphatic heterocycles. The number of fused-ring (bicyclic) bond motifs is 1. The van der Waals surface area contributed by atoms with Gasteiger partial charge >= 0.3 is 6.03 Å². The van der Waals surface area contributed by atoms with Gasteiger partial charge in [0.25, 0.3) is 5.91 Å². The Morgan fingerprint density at radius 3 is 2.54 bits per heavy atom. The lowest BCUT2D eigenvalue weighted by Gasteiger charge is -2.29. The number of nitrogens with zero attached hydrogens (tertiary/aromatic N) is 1. The van der Waals surface area contributed by atoms with Gasteiger partial charge in [0.15, 0.2) is 0 Å². The van der Waals surface area contributed by atoms with E-state index >= 15 is 0 Å². The molecular formula is C23H27N3O2. The Morgan fingerprint density at radius 1 is 1.04 bits per heavy atom. The molecule has 1 aliphatic carbocycles. The Morgan fingerprint density at radius 2 is 1.79 bits per heavy atom. The minimum absolute atomic E-state index is 0.0273. The quantitative estimate of drug-likeness (QED) is 0.840. The van der Waals surface area contributed by atoms with E-state index in [0.717, 1.165) is 30.5 Å². The van der Waals surface area contributed by atoms with E-state index in [2.05, 4.69) is 22.8 Å². The van der Waals surface area contributed by atoms with Crippen LogP contribution in [0, 0.1) is 6.92 Å². The van der Waals surface area contributed by atoms with Gasteiger partial charge in [-0.3, -0.25) is 4.79 Å². The van der Waals surface area contributed by atoms with Crippen LogP contribution in [0.15, 0.2) is 42.5 Å². The van der Waals surface area contributed by atoms with Crippen LogP contribution < -0.4 is 10.6 Å². The van der Waals surface area contributed by atoms with Crippen LogP contribution in [0.5, 0.6) is 0 Å². The van der Waals surface area contributed by atoms with E-state index in [-0.39, 0.29) is 11.9 Å². The fraction of sp³-hybridized carbons (Fsp3) is 0.391. The highest BCUT2D eigenvalue weighted by atomic mass is 16.2. The Bertz CT molecular complexity index is 887. The minimum atomic E-state index is -0.0965. The normalized spacial score (nSPS) is 16.5. The number of aryl methyl sites for hydroxylation is 1. The van der Waals surface area contributed by atoms with E-state index in [0.29, 0.717) is 24.7 Å². The molecule has 1 fully saturated rings. The first kappa shape index (κ1) is 18.5. The number of amides is 3. The summed E-state index contributed by atoms with van der Waals surface area (Å²) in [7, 11) is 0. The first-order chi connectivity index (χ1) is 13.6. The van der Waals surface area contributed by atoms with Gasteiger partial charge in [-0.25, -0.2) is 4.79 Å². The van der Waals surface area contributed by atoms with Gasteiger partial charge in [0.2, 0.25) is 0 Å². The molecule has 2 N–H and O–H groups in total. The van der Waals surface area contributed by atoms with Crippen molar-refractivity contribution < 1.29 is 9.59 Å². The molecule has 2 aromatic carbocycles. The van der Waals surface area contributed by atoms with Crippen molar-refractivity contribution in [2.75, 3.05) is 11.9 Å². The number of hydrogen-bond acceptors (Lipinski definition) is 2. The lowest BCUT2D eigenvalue weighted by molar-refractivity contribution is 0.0938. The fourth-order valence-electron chi connectivity index (χ4n) is 4.15. The average molecular weight is 377 g/mol. The topological polar surface area (TPSA) is 61.4 Å². The summed E-state index contributed by atoms with van der Waals surface area (Å²) in [6, 6.07) is 13.9. The van der Waals surface area contributed by atoms with Crippen LogP contribution >= 0.6 is 0 Å². The van der Waals surface area contributed by atoms with Gasteiger partial charge in [-0.15, -0.1) is 0 Å². The molecular weight excluding hydrogens is 350 g/mol. The monoisotopic (exact) mass is 377 g/mol. The van der Waals surface area contributed by atoms with Gasteiger partial charge in [-0.05, 0) is 61.1 Å². The Hall–Kier alpha value is -2.82. The summed E-state index contributed by atoms with van der Waals surface area (Å²) < 4.78 is 0. The smallest absolute Gasteiger partial charge is 0.322 e. The molecule has 0 bridgehead atoms. The summed E-state index contributed by atoms with van der Waals surface area (Å²) >= 11 is 0. The Kier molecular flexibility index (Phi) is 5.33. The molecule has 0 saturated heterocycles. The molecule has 5 heteroatoms. The predicted molar refractivity (Wildman–Crippen MR) is 110 cm³/mol. The highest BCUT2D eigenvalue weighted by Crippen LogP contribution is 2.22. The number of hydrogen-bond donors (Lipinski definition) is 2. The maximum Gasteiger partial charge on any atom is 0.322 e. The third kappa shape index (κ3) is 4.03. The number of nitrogens with one attached hydrogen (secondary N) is 2. The molecule has 0 atom stereocenters. The van der Waals surface area contributed by atoms with Gasteiger partial charge < -0.3 is 15.5 Å². The Balaban J connectivity index is 1.39. The third-order valence-corrected chi connectivity index (χ3v) is 5.84. The molecule has 0 aromatic heterocycles. The van der Waals surface area contributed by atoms with Crippen molar-refractivity contribution in [3.05, 3.63) is 64.7 Å². The van der Waals surface area contributed by atoms with E-state index in [1.165, 1.54) is 24.0 Å². The molecule has 5 nitrogen and oxygen atoms in total. The maximum atomic E-state index is 12.7. The highest BCUT2D eigenvalue weighted by molar-refractivity contribution is 5.96. The first-order valence-electron chi connectivity index (χ1n) is 10.1. The SMILES string of the molecule is Cc1cc(C(=O)NC2CCCC2)ccc1NC(=O)N1CCc2ccccc2C1. The van der Waals surface area contributed by atoms with Crippen molar-refractivity contribution >= 4 is 17.6 Å². The van der Waals surface area contributed by atoms with Crippen LogP contribution in [0.25, 0.3) is 0 Å². The molecule has 0 spiro atoms. The van der Waals surface area contributed by atoms with E-state index in [1.807, 2.05) is 36.1 Å². The number of carbonyl (C=O) groups excluding carboxylic acids is 2. The summed E-state index contributed by atoms with van der Waals surface area (Å²) in [6.07, 6.45) is 5.39. The molecule has 0 unspecified atom stereocenters. The van der Waals surface area contributed by atoms with E-state index in [4.69, 9.17) is 0 Å². The van der Waals surface area contributed by atoms with Crippen LogP contribution in [0.4, 0.5) is 10.5 Å². The van der Waals surface area contributed by atoms with Crippen LogP contribution in [-0.2, 0) is 13.0 Å². The van der Waals surface area contributed by atoms with Crippen molar-refractivity contribution in [3.63, 3.8) is 0 Å². The molecule has 0 radical (unpaired) electrons. The van der Waals surface area contributed by atoms with Crippen LogP contribution in [0.3, 0.4) is 0 Å². The van der Waals surface area contributed by atoms with Gasteiger partial charge in [0, 0.05) is 30.4 Å². The van der Waals surface area contributed by atoms with Crippen molar-refractivity contribution in [1.82, 2.24) is 10.2 Å². The number of benzene rings is 2. The van der Waals surface area contributed by atoms with E-state index in [1.54, 1.807) is 6.07 Å².